The number of benzene rings is 10. The Morgan fingerprint density at radius 2 is 0.733 bits per heavy atom. The molecule has 0 saturated carbocycles. The van der Waals surface area contributed by atoms with Gasteiger partial charge in [0.05, 0.1) is 28.5 Å². The molecule has 0 saturated heterocycles. The van der Waals surface area contributed by atoms with Crippen molar-refractivity contribution in [2.24, 2.45) is 4.99 Å². The minimum atomic E-state index is -0.142. The summed E-state index contributed by atoms with van der Waals surface area (Å²) in [6.45, 7) is 13.7. The first-order valence-electron chi connectivity index (χ1n) is 26.3. The van der Waals surface area contributed by atoms with E-state index in [0.29, 0.717) is 0 Å². The van der Waals surface area contributed by atoms with Gasteiger partial charge in [-0.2, -0.15) is 0 Å². The molecular weight excluding hydrogens is 907 g/mol. The minimum Gasteiger partial charge on any atom is -0.359 e. The third kappa shape index (κ3) is 9.32. The molecule has 3 heteroatoms. The lowest BCUT2D eigenvalue weighted by Gasteiger charge is -2.26. The number of nitrogens with one attached hydrogen (secondary N) is 1. The quantitative estimate of drug-likeness (QED) is 0.153. The predicted molar refractivity (Wildman–Crippen MR) is 319 cm³/mol. The number of nitrogens with zero attached hydrogens (tertiary/aromatic N) is 2. The Labute approximate surface area is 442 Å². The molecule has 0 bridgehead atoms. The zero-order valence-corrected chi connectivity index (χ0v) is 43.6. The normalized spacial score (nSPS) is 13.9. The van der Waals surface area contributed by atoms with E-state index in [1.807, 2.05) is 0 Å². The molecule has 1 aliphatic heterocycles. The van der Waals surface area contributed by atoms with Crippen LogP contribution in [0.3, 0.4) is 0 Å². The Balaban J connectivity index is 1.15. The van der Waals surface area contributed by atoms with E-state index < -0.39 is 0 Å². The molecule has 3 nitrogen and oxygen atoms in total. The van der Waals surface area contributed by atoms with Gasteiger partial charge in [-0.1, -0.05) is 248 Å². The number of aliphatic imine (C=N–C) groups is 1. The van der Waals surface area contributed by atoms with Crippen LogP contribution in [0, 0.1) is 0 Å². The van der Waals surface area contributed by atoms with Crippen molar-refractivity contribution in [1.82, 2.24) is 9.88 Å². The van der Waals surface area contributed by atoms with Crippen molar-refractivity contribution in [2.75, 3.05) is 0 Å². The second-order valence-electron chi connectivity index (χ2n) is 22.1. The van der Waals surface area contributed by atoms with Gasteiger partial charge in [-0.05, 0) is 115 Å². The molecule has 12 rings (SSSR count). The highest BCUT2D eigenvalue weighted by Gasteiger charge is 2.27. The first kappa shape index (κ1) is 47.2. The monoisotopic (exact) mass is 967 g/mol. The third-order valence-corrected chi connectivity index (χ3v) is 15.0. The van der Waals surface area contributed by atoms with Gasteiger partial charge in [-0.25, -0.2) is 4.99 Å². The number of hydrogen-bond acceptors (Lipinski definition) is 2. The number of fused-ring (bicyclic) bond motifs is 3. The smallest absolute Gasteiger partial charge is 0.134 e. The van der Waals surface area contributed by atoms with E-state index >= 15 is 0 Å². The highest BCUT2D eigenvalue weighted by molar-refractivity contribution is 6.13. The Bertz CT molecular complexity index is 3730. The number of rotatable bonds is 9. The molecule has 11 aromatic rings. The molecule has 0 spiro atoms. The lowest BCUT2D eigenvalue weighted by Crippen LogP contribution is -2.31. The summed E-state index contributed by atoms with van der Waals surface area (Å²) in [5.74, 6) is 0.840. The van der Waals surface area contributed by atoms with E-state index in [0.717, 1.165) is 67.2 Å². The van der Waals surface area contributed by atoms with Crippen LogP contribution < -0.4 is 5.32 Å². The van der Waals surface area contributed by atoms with Crippen LogP contribution >= 0.6 is 0 Å². The molecule has 10 aromatic carbocycles. The summed E-state index contributed by atoms with van der Waals surface area (Å²) < 4.78 is 2.55. The summed E-state index contributed by atoms with van der Waals surface area (Å²) in [6.07, 6.45) is 2.31. The Hall–Kier alpha value is -8.79. The van der Waals surface area contributed by atoms with E-state index in [4.69, 9.17) is 4.99 Å². The second kappa shape index (κ2) is 19.2. The van der Waals surface area contributed by atoms with E-state index in [9.17, 15) is 0 Å². The fraction of sp³-hybridized carbons (Fsp3) is 0.125. The summed E-state index contributed by atoms with van der Waals surface area (Å²) in [5.41, 5.74) is 21.8. The first-order chi connectivity index (χ1) is 36.4. The highest BCUT2D eigenvalue weighted by atomic mass is 15.1. The minimum absolute atomic E-state index is 0.0142. The maximum absolute atomic E-state index is 5.55. The summed E-state index contributed by atoms with van der Waals surface area (Å²) in [7, 11) is 0. The SMILES string of the molecule is CC(C)(C)c1ccc(-c2cc(C3=CC(c4ccc(-c5ccccc5)cc4)NC(c4ccccc4)=N3)cc(-c3ccc(C(C)(C)C)cc3)c2-n2c3ccc(-c4ccccc4)cc3c3cc(-c4ccccc4)ccc32)cc1. The van der Waals surface area contributed by atoms with Gasteiger partial charge in [0, 0.05) is 33.0 Å². The Kier molecular flexibility index (Phi) is 12.1. The zero-order chi connectivity index (χ0) is 51.3. The molecular formula is C72H61N3. The number of amidine groups is 1. The molecule has 0 fully saturated rings. The highest BCUT2D eigenvalue weighted by Crippen LogP contribution is 2.46. The van der Waals surface area contributed by atoms with E-state index in [2.05, 4.69) is 300 Å². The summed E-state index contributed by atoms with van der Waals surface area (Å²) >= 11 is 0. The van der Waals surface area contributed by atoms with Crippen molar-refractivity contribution in [3.05, 3.63) is 277 Å². The van der Waals surface area contributed by atoms with Gasteiger partial charge in [0.25, 0.3) is 0 Å². The van der Waals surface area contributed by atoms with Gasteiger partial charge in [0.2, 0.25) is 0 Å². The van der Waals surface area contributed by atoms with Crippen LogP contribution in [-0.2, 0) is 10.8 Å². The van der Waals surface area contributed by atoms with Gasteiger partial charge >= 0.3 is 0 Å². The van der Waals surface area contributed by atoms with Crippen LogP contribution in [0.4, 0.5) is 0 Å². The van der Waals surface area contributed by atoms with E-state index in [1.54, 1.807) is 0 Å². The molecule has 364 valence electrons. The molecule has 2 heterocycles. The van der Waals surface area contributed by atoms with Crippen molar-refractivity contribution in [2.45, 2.75) is 58.4 Å². The molecule has 0 amide bonds. The van der Waals surface area contributed by atoms with Gasteiger partial charge in [0.1, 0.15) is 5.84 Å². The van der Waals surface area contributed by atoms with E-state index in [-0.39, 0.29) is 16.9 Å². The predicted octanol–water partition coefficient (Wildman–Crippen LogP) is 18.8. The van der Waals surface area contributed by atoms with Crippen molar-refractivity contribution in [3.8, 4) is 61.3 Å². The van der Waals surface area contributed by atoms with Crippen molar-refractivity contribution < 1.29 is 0 Å². The van der Waals surface area contributed by atoms with Gasteiger partial charge < -0.3 is 9.88 Å². The van der Waals surface area contributed by atoms with Crippen LogP contribution in [-0.4, -0.2) is 10.4 Å². The van der Waals surface area contributed by atoms with Crippen molar-refractivity contribution in [3.63, 3.8) is 0 Å². The number of hydrogen-bond donors (Lipinski definition) is 1. The molecule has 0 radical (unpaired) electrons. The lowest BCUT2D eigenvalue weighted by atomic mass is 9.84. The summed E-state index contributed by atoms with van der Waals surface area (Å²) in [5, 5.41) is 6.26. The average Bonchev–Trinajstić information content (AvgIpc) is 3.79. The van der Waals surface area contributed by atoms with Crippen molar-refractivity contribution in [1.29, 1.82) is 0 Å². The van der Waals surface area contributed by atoms with Gasteiger partial charge in [-0.3, -0.25) is 0 Å². The second-order valence-corrected chi connectivity index (χ2v) is 22.1. The van der Waals surface area contributed by atoms with E-state index in [1.165, 1.54) is 55.3 Å². The van der Waals surface area contributed by atoms with Crippen molar-refractivity contribution >= 4 is 33.3 Å². The van der Waals surface area contributed by atoms with Crippen LogP contribution in [0.2, 0.25) is 0 Å². The van der Waals surface area contributed by atoms with Crippen LogP contribution in [0.1, 0.15) is 75.4 Å². The molecule has 1 aromatic heterocycles. The molecule has 1 atom stereocenters. The topological polar surface area (TPSA) is 29.3 Å². The Morgan fingerprint density at radius 3 is 1.16 bits per heavy atom. The largest absolute Gasteiger partial charge is 0.359 e. The molecule has 75 heavy (non-hydrogen) atoms. The summed E-state index contributed by atoms with van der Waals surface area (Å²) in [4.78, 5) is 5.55. The zero-order valence-electron chi connectivity index (χ0n) is 43.6. The maximum atomic E-state index is 5.55. The summed E-state index contributed by atoms with van der Waals surface area (Å²) in [6, 6.07) is 88.9. The fourth-order valence-electron chi connectivity index (χ4n) is 10.8. The lowest BCUT2D eigenvalue weighted by molar-refractivity contribution is 0.590. The van der Waals surface area contributed by atoms with Gasteiger partial charge in [0.15, 0.2) is 0 Å². The van der Waals surface area contributed by atoms with Crippen LogP contribution in [0.5, 0.6) is 0 Å². The van der Waals surface area contributed by atoms with Crippen LogP contribution in [0.15, 0.2) is 254 Å². The standard InChI is InChI=1S/C72H61N3/c1-71(2,3)59-37-31-52(32-38-59)61-45-58(66-47-65(73-70(74-66)55-25-17-10-18-26-55)54-29-27-51(28-30-54)48-19-11-7-12-20-48)46-62(53-33-39-60(40-34-53)72(4,5)6)69(61)75-67-41-35-56(49-21-13-8-14-22-49)43-63(67)64-44-57(36-42-68(64)75)50-23-15-9-16-24-50/h7-47,65H,1-6H3,(H,73,74). The maximum Gasteiger partial charge on any atom is 0.134 e. The first-order valence-corrected chi connectivity index (χ1v) is 26.3. The third-order valence-electron chi connectivity index (χ3n) is 15.0. The van der Waals surface area contributed by atoms with Crippen LogP contribution in [0.25, 0.3) is 88.8 Å². The molecule has 1 unspecified atom stereocenters. The average molecular weight is 968 g/mol. The molecule has 1 N–H and O–H groups in total. The fourth-order valence-corrected chi connectivity index (χ4v) is 10.8. The number of aromatic nitrogens is 1. The van der Waals surface area contributed by atoms with Gasteiger partial charge in [-0.15, -0.1) is 0 Å². The Morgan fingerprint density at radius 1 is 0.360 bits per heavy atom. The molecule has 0 aliphatic carbocycles. The molecule has 1 aliphatic rings.